The molecule has 0 radical (unpaired) electrons. The van der Waals surface area contributed by atoms with Crippen LogP contribution in [0.4, 0.5) is 17.6 Å². The van der Waals surface area contributed by atoms with E-state index in [-0.39, 0.29) is 0 Å². The Kier molecular flexibility index (Phi) is 3.80. The molecule has 108 valence electrons. The standard InChI is InChI=1S/C7H4F4O6S2/c1-18(12,13)17-6-2(8)4(10)7(19(14,15)16)5(11)3(6)9/h1H3,(H,14,15,16). The van der Waals surface area contributed by atoms with Crippen LogP contribution in [0.25, 0.3) is 0 Å². The van der Waals surface area contributed by atoms with Crippen molar-refractivity contribution in [1.29, 1.82) is 0 Å². The minimum Gasteiger partial charge on any atom is -0.376 e. The smallest absolute Gasteiger partial charge is 0.306 e. The summed E-state index contributed by atoms with van der Waals surface area (Å²) in [5.74, 6) is -11.8. The number of hydrogen-bond acceptors (Lipinski definition) is 5. The molecule has 0 fully saturated rings. The largest absolute Gasteiger partial charge is 0.376 e. The summed E-state index contributed by atoms with van der Waals surface area (Å²) in [4.78, 5) is -2.29. The second-order valence-electron chi connectivity index (χ2n) is 3.18. The fourth-order valence-corrected chi connectivity index (χ4v) is 2.12. The van der Waals surface area contributed by atoms with Crippen molar-refractivity contribution in [2.75, 3.05) is 6.26 Å². The predicted molar refractivity (Wildman–Crippen MR) is 51.6 cm³/mol. The first-order valence-corrected chi connectivity index (χ1v) is 7.34. The van der Waals surface area contributed by atoms with Crippen LogP contribution in [0, 0.1) is 23.3 Å². The van der Waals surface area contributed by atoms with Gasteiger partial charge >= 0.3 is 20.2 Å². The lowest BCUT2D eigenvalue weighted by molar-refractivity contribution is 0.366. The van der Waals surface area contributed by atoms with Crippen LogP contribution < -0.4 is 4.18 Å². The first-order valence-electron chi connectivity index (χ1n) is 4.09. The number of benzene rings is 1. The Hall–Kier alpha value is -1.40. The van der Waals surface area contributed by atoms with E-state index in [9.17, 15) is 34.4 Å². The molecule has 0 bridgehead atoms. The van der Waals surface area contributed by atoms with Crippen LogP contribution in [-0.2, 0) is 20.2 Å². The van der Waals surface area contributed by atoms with E-state index in [0.29, 0.717) is 6.26 Å². The fourth-order valence-electron chi connectivity index (χ4n) is 1.04. The molecule has 0 spiro atoms. The summed E-state index contributed by atoms with van der Waals surface area (Å²) in [7, 11) is -10.1. The highest BCUT2D eigenvalue weighted by atomic mass is 32.2. The van der Waals surface area contributed by atoms with Crippen molar-refractivity contribution < 1.29 is 43.1 Å². The molecule has 19 heavy (non-hydrogen) atoms. The SMILES string of the molecule is CS(=O)(=O)Oc1c(F)c(F)c(S(=O)(=O)O)c(F)c1F. The van der Waals surface area contributed by atoms with E-state index in [1.165, 1.54) is 0 Å². The second-order valence-corrected chi connectivity index (χ2v) is 6.11. The van der Waals surface area contributed by atoms with E-state index in [2.05, 4.69) is 4.18 Å². The Morgan fingerprint density at radius 1 is 0.895 bits per heavy atom. The van der Waals surface area contributed by atoms with Gasteiger partial charge in [-0.15, -0.1) is 0 Å². The van der Waals surface area contributed by atoms with E-state index in [4.69, 9.17) is 4.55 Å². The third-order valence-corrected chi connectivity index (χ3v) is 3.02. The Morgan fingerprint density at radius 2 is 1.26 bits per heavy atom. The Labute approximate surface area is 104 Å². The van der Waals surface area contributed by atoms with Gasteiger partial charge in [-0.05, 0) is 0 Å². The molecule has 1 aromatic carbocycles. The van der Waals surface area contributed by atoms with Gasteiger partial charge in [-0.25, -0.2) is 8.78 Å². The summed E-state index contributed by atoms with van der Waals surface area (Å²) in [6, 6.07) is 0. The molecule has 0 aliphatic carbocycles. The van der Waals surface area contributed by atoms with E-state index < -0.39 is 54.2 Å². The lowest BCUT2D eigenvalue weighted by atomic mass is 10.3. The van der Waals surface area contributed by atoms with Gasteiger partial charge in [-0.1, -0.05) is 0 Å². The van der Waals surface area contributed by atoms with Gasteiger partial charge in [0.1, 0.15) is 0 Å². The molecule has 0 aliphatic heterocycles. The summed E-state index contributed by atoms with van der Waals surface area (Å²) in [5, 5.41) is 0. The molecule has 0 aliphatic rings. The molecule has 12 heteroatoms. The second kappa shape index (κ2) is 4.61. The maximum absolute atomic E-state index is 13.2. The maximum Gasteiger partial charge on any atom is 0.306 e. The minimum atomic E-state index is -5.60. The molecule has 0 amide bonds. The lowest BCUT2D eigenvalue weighted by Gasteiger charge is -2.09. The topological polar surface area (TPSA) is 97.7 Å². The van der Waals surface area contributed by atoms with Crippen molar-refractivity contribution in [2.24, 2.45) is 0 Å². The third-order valence-electron chi connectivity index (χ3n) is 1.68. The summed E-state index contributed by atoms with van der Waals surface area (Å²) in [5.41, 5.74) is 0. The highest BCUT2D eigenvalue weighted by molar-refractivity contribution is 7.86. The molecular weight excluding hydrogens is 320 g/mol. The first-order chi connectivity index (χ1) is 8.36. The summed E-state index contributed by atoms with van der Waals surface area (Å²) in [6.07, 6.45) is 0.332. The predicted octanol–water partition coefficient (Wildman–Crippen LogP) is 0.828. The molecule has 0 aromatic heterocycles. The number of rotatable bonds is 3. The third kappa shape index (κ3) is 3.13. The molecule has 0 saturated carbocycles. The molecule has 0 saturated heterocycles. The number of hydrogen-bond donors (Lipinski definition) is 1. The first kappa shape index (κ1) is 15.7. The number of halogens is 4. The van der Waals surface area contributed by atoms with Crippen LogP contribution in [0.15, 0.2) is 4.90 Å². The van der Waals surface area contributed by atoms with Crippen molar-refractivity contribution >= 4 is 20.2 Å². The molecule has 0 unspecified atom stereocenters. The van der Waals surface area contributed by atoms with E-state index >= 15 is 0 Å². The van der Waals surface area contributed by atoms with Crippen molar-refractivity contribution in [3.8, 4) is 5.75 Å². The molecule has 1 rings (SSSR count). The maximum atomic E-state index is 13.2. The molecule has 6 nitrogen and oxygen atoms in total. The quantitative estimate of drug-likeness (QED) is 0.383. The van der Waals surface area contributed by atoms with Crippen LogP contribution in [0.5, 0.6) is 5.75 Å². The Bertz CT molecular complexity index is 710. The fraction of sp³-hybridized carbons (Fsp3) is 0.143. The van der Waals surface area contributed by atoms with Gasteiger partial charge in [-0.3, -0.25) is 4.55 Å². The molecule has 0 heterocycles. The van der Waals surface area contributed by atoms with Gasteiger partial charge in [-0.2, -0.15) is 25.6 Å². The van der Waals surface area contributed by atoms with Crippen molar-refractivity contribution in [2.45, 2.75) is 4.90 Å². The van der Waals surface area contributed by atoms with Crippen LogP contribution in [0.1, 0.15) is 0 Å². The molecule has 1 aromatic rings. The van der Waals surface area contributed by atoms with E-state index in [1.807, 2.05) is 0 Å². The van der Waals surface area contributed by atoms with Crippen LogP contribution in [-0.4, -0.2) is 27.6 Å². The van der Waals surface area contributed by atoms with Gasteiger partial charge < -0.3 is 4.18 Å². The van der Waals surface area contributed by atoms with Crippen molar-refractivity contribution in [3.63, 3.8) is 0 Å². The lowest BCUT2D eigenvalue weighted by Crippen LogP contribution is -2.15. The van der Waals surface area contributed by atoms with Crippen LogP contribution in [0.3, 0.4) is 0 Å². The van der Waals surface area contributed by atoms with E-state index in [0.717, 1.165) is 0 Å². The summed E-state index contributed by atoms with van der Waals surface area (Å²) >= 11 is 0. The van der Waals surface area contributed by atoms with Crippen molar-refractivity contribution in [1.82, 2.24) is 0 Å². The summed E-state index contributed by atoms with van der Waals surface area (Å²) in [6.45, 7) is 0. The summed E-state index contributed by atoms with van der Waals surface area (Å²) < 4.78 is 107. The van der Waals surface area contributed by atoms with Gasteiger partial charge in [0.2, 0.25) is 17.4 Å². The zero-order valence-electron chi connectivity index (χ0n) is 8.82. The van der Waals surface area contributed by atoms with Crippen LogP contribution in [0.2, 0.25) is 0 Å². The van der Waals surface area contributed by atoms with E-state index in [1.54, 1.807) is 0 Å². The Balaban J connectivity index is 3.77. The van der Waals surface area contributed by atoms with Crippen molar-refractivity contribution in [3.05, 3.63) is 23.3 Å². The van der Waals surface area contributed by atoms with Gasteiger partial charge in [0, 0.05) is 0 Å². The molecule has 1 N–H and O–H groups in total. The minimum absolute atomic E-state index is 0.332. The van der Waals surface area contributed by atoms with Gasteiger partial charge in [0.15, 0.2) is 16.5 Å². The highest BCUT2D eigenvalue weighted by Crippen LogP contribution is 2.32. The zero-order chi connectivity index (χ0) is 15.2. The molecular formula is C7H4F4O6S2. The highest BCUT2D eigenvalue weighted by Gasteiger charge is 2.34. The monoisotopic (exact) mass is 324 g/mol. The Morgan fingerprint density at radius 3 is 1.53 bits per heavy atom. The van der Waals surface area contributed by atoms with Gasteiger partial charge in [0.25, 0.3) is 0 Å². The molecule has 0 atom stereocenters. The normalized spacial score (nSPS) is 12.5. The zero-order valence-corrected chi connectivity index (χ0v) is 10.4. The van der Waals surface area contributed by atoms with Crippen LogP contribution >= 0.6 is 0 Å². The average molecular weight is 324 g/mol. The van der Waals surface area contributed by atoms with Gasteiger partial charge in [0.05, 0.1) is 6.26 Å². The average Bonchev–Trinajstić information content (AvgIpc) is 2.18.